The van der Waals surface area contributed by atoms with Crippen molar-refractivity contribution in [3.8, 4) is 0 Å². The van der Waals surface area contributed by atoms with Gasteiger partial charge in [0.05, 0.1) is 0 Å². The molecule has 0 saturated heterocycles. The van der Waals surface area contributed by atoms with Crippen molar-refractivity contribution in [3.05, 3.63) is 40.5 Å². The molecule has 0 aliphatic carbocycles. The number of halogens is 1. The standard InChI is InChI=1S/C14H18BrN/c1-3-4-5-8-16-11(2)9-12-10-13(15)6-7-14(12)16/h6-7,10H,2-5,8-9H2,1H3. The minimum absolute atomic E-state index is 1.00. The van der Waals surface area contributed by atoms with E-state index in [1.165, 1.54) is 36.2 Å². The highest BCUT2D eigenvalue weighted by atomic mass is 79.9. The van der Waals surface area contributed by atoms with Crippen molar-refractivity contribution in [2.45, 2.75) is 32.6 Å². The number of allylic oxidation sites excluding steroid dienone is 1. The number of hydrogen-bond acceptors (Lipinski definition) is 1. The monoisotopic (exact) mass is 279 g/mol. The first-order valence-corrected chi connectivity index (χ1v) is 6.75. The van der Waals surface area contributed by atoms with Crippen LogP contribution in [-0.2, 0) is 6.42 Å². The molecule has 0 amide bonds. The van der Waals surface area contributed by atoms with Gasteiger partial charge < -0.3 is 4.90 Å². The van der Waals surface area contributed by atoms with Gasteiger partial charge in [-0.2, -0.15) is 0 Å². The van der Waals surface area contributed by atoms with Crippen molar-refractivity contribution in [3.63, 3.8) is 0 Å². The molecule has 1 heterocycles. The fourth-order valence-corrected chi connectivity index (χ4v) is 2.65. The summed E-state index contributed by atoms with van der Waals surface area (Å²) >= 11 is 3.52. The molecule has 86 valence electrons. The lowest BCUT2D eigenvalue weighted by Gasteiger charge is -2.20. The Balaban J connectivity index is 2.13. The second-order valence-corrected chi connectivity index (χ2v) is 5.29. The van der Waals surface area contributed by atoms with Crippen molar-refractivity contribution in [2.24, 2.45) is 0 Å². The highest BCUT2D eigenvalue weighted by Crippen LogP contribution is 2.35. The van der Waals surface area contributed by atoms with Crippen LogP contribution in [0.2, 0.25) is 0 Å². The van der Waals surface area contributed by atoms with Gasteiger partial charge in [0.25, 0.3) is 0 Å². The fourth-order valence-electron chi connectivity index (χ4n) is 2.24. The summed E-state index contributed by atoms with van der Waals surface area (Å²) in [5, 5.41) is 0. The third-order valence-corrected chi connectivity index (χ3v) is 3.59. The molecule has 2 heteroatoms. The highest BCUT2D eigenvalue weighted by molar-refractivity contribution is 9.10. The Labute approximate surface area is 106 Å². The third-order valence-electron chi connectivity index (χ3n) is 3.09. The Morgan fingerprint density at radius 1 is 1.38 bits per heavy atom. The van der Waals surface area contributed by atoms with Gasteiger partial charge in [-0.1, -0.05) is 42.3 Å². The Kier molecular flexibility index (Phi) is 3.70. The van der Waals surface area contributed by atoms with E-state index in [2.05, 4.69) is 52.5 Å². The molecule has 0 N–H and O–H groups in total. The van der Waals surface area contributed by atoms with E-state index in [0.29, 0.717) is 0 Å². The van der Waals surface area contributed by atoms with Crippen molar-refractivity contribution in [2.75, 3.05) is 11.4 Å². The maximum atomic E-state index is 4.17. The smallest absolute Gasteiger partial charge is 0.0445 e. The molecule has 0 aromatic heterocycles. The molecule has 0 saturated carbocycles. The average Bonchev–Trinajstić information content (AvgIpc) is 2.55. The first kappa shape index (κ1) is 11.7. The second kappa shape index (κ2) is 5.05. The minimum Gasteiger partial charge on any atom is -0.345 e. The summed E-state index contributed by atoms with van der Waals surface area (Å²) in [6, 6.07) is 6.52. The molecule has 0 fully saturated rings. The Morgan fingerprint density at radius 2 is 2.19 bits per heavy atom. The number of hydrogen-bond donors (Lipinski definition) is 0. The summed E-state index contributed by atoms with van der Waals surface area (Å²) in [5.41, 5.74) is 3.99. The Bertz CT molecular complexity index is 398. The summed E-state index contributed by atoms with van der Waals surface area (Å²) < 4.78 is 1.16. The SMILES string of the molecule is C=C1Cc2cc(Br)ccc2N1CCCCC. The Hall–Kier alpha value is -0.760. The number of unbranched alkanes of at least 4 members (excludes halogenated alkanes) is 2. The maximum absolute atomic E-state index is 4.17. The van der Waals surface area contributed by atoms with Gasteiger partial charge in [0.1, 0.15) is 0 Å². The van der Waals surface area contributed by atoms with Gasteiger partial charge in [0.15, 0.2) is 0 Å². The molecular weight excluding hydrogens is 262 g/mol. The van der Waals surface area contributed by atoms with Gasteiger partial charge in [0.2, 0.25) is 0 Å². The zero-order chi connectivity index (χ0) is 11.5. The molecule has 1 aliphatic rings. The lowest BCUT2D eigenvalue weighted by molar-refractivity contribution is 0.709. The van der Waals surface area contributed by atoms with E-state index in [9.17, 15) is 0 Å². The van der Waals surface area contributed by atoms with Crippen molar-refractivity contribution >= 4 is 21.6 Å². The van der Waals surface area contributed by atoms with E-state index in [1.807, 2.05) is 0 Å². The molecule has 16 heavy (non-hydrogen) atoms. The Morgan fingerprint density at radius 3 is 2.94 bits per heavy atom. The molecule has 2 rings (SSSR count). The summed E-state index contributed by atoms with van der Waals surface area (Å²) in [6.07, 6.45) is 4.83. The van der Waals surface area contributed by atoms with Crippen LogP contribution in [0.1, 0.15) is 31.7 Å². The van der Waals surface area contributed by atoms with Crippen LogP contribution in [0, 0.1) is 0 Å². The van der Waals surface area contributed by atoms with Crippen LogP contribution in [0.15, 0.2) is 34.9 Å². The maximum Gasteiger partial charge on any atom is 0.0445 e. The van der Waals surface area contributed by atoms with Gasteiger partial charge in [-0.3, -0.25) is 0 Å². The molecule has 1 nitrogen and oxygen atoms in total. The average molecular weight is 280 g/mol. The molecule has 1 aromatic rings. The zero-order valence-corrected chi connectivity index (χ0v) is 11.4. The van der Waals surface area contributed by atoms with Crippen LogP contribution in [0.5, 0.6) is 0 Å². The van der Waals surface area contributed by atoms with E-state index in [0.717, 1.165) is 17.4 Å². The minimum atomic E-state index is 1.00. The van der Waals surface area contributed by atoms with Crippen LogP contribution in [0.25, 0.3) is 0 Å². The van der Waals surface area contributed by atoms with E-state index < -0.39 is 0 Å². The predicted octanol–water partition coefficient (Wildman–Crippen LogP) is 4.52. The third kappa shape index (κ3) is 2.32. The number of rotatable bonds is 4. The molecule has 0 atom stereocenters. The second-order valence-electron chi connectivity index (χ2n) is 4.37. The summed E-state index contributed by atoms with van der Waals surface area (Å²) in [7, 11) is 0. The first-order chi connectivity index (χ1) is 7.72. The van der Waals surface area contributed by atoms with E-state index >= 15 is 0 Å². The van der Waals surface area contributed by atoms with Crippen molar-refractivity contribution in [1.82, 2.24) is 0 Å². The first-order valence-electron chi connectivity index (χ1n) is 5.96. The van der Waals surface area contributed by atoms with E-state index in [1.54, 1.807) is 0 Å². The lowest BCUT2D eigenvalue weighted by Crippen LogP contribution is -2.19. The lowest BCUT2D eigenvalue weighted by atomic mass is 10.1. The largest absolute Gasteiger partial charge is 0.345 e. The predicted molar refractivity (Wildman–Crippen MR) is 73.9 cm³/mol. The fraction of sp³-hybridized carbons (Fsp3) is 0.429. The van der Waals surface area contributed by atoms with Gasteiger partial charge in [-0.15, -0.1) is 0 Å². The molecule has 0 spiro atoms. The van der Waals surface area contributed by atoms with Gasteiger partial charge in [0, 0.05) is 28.8 Å². The van der Waals surface area contributed by atoms with E-state index in [4.69, 9.17) is 0 Å². The van der Waals surface area contributed by atoms with Crippen LogP contribution in [0.4, 0.5) is 5.69 Å². The molecule has 0 unspecified atom stereocenters. The number of nitrogens with zero attached hydrogens (tertiary/aromatic N) is 1. The zero-order valence-electron chi connectivity index (χ0n) is 9.80. The molecule has 0 radical (unpaired) electrons. The van der Waals surface area contributed by atoms with Crippen LogP contribution in [-0.4, -0.2) is 6.54 Å². The summed E-state index contributed by atoms with van der Waals surface area (Å²) in [5.74, 6) is 0. The summed E-state index contributed by atoms with van der Waals surface area (Å²) in [4.78, 5) is 2.37. The van der Waals surface area contributed by atoms with Crippen LogP contribution >= 0.6 is 15.9 Å². The summed E-state index contributed by atoms with van der Waals surface area (Å²) in [6.45, 7) is 7.52. The molecular formula is C14H18BrN. The number of benzene rings is 1. The topological polar surface area (TPSA) is 3.24 Å². The quantitative estimate of drug-likeness (QED) is 0.733. The normalized spacial score (nSPS) is 14.4. The molecule has 1 aromatic carbocycles. The molecule has 1 aliphatic heterocycles. The van der Waals surface area contributed by atoms with Crippen molar-refractivity contribution < 1.29 is 0 Å². The number of fused-ring (bicyclic) bond motifs is 1. The van der Waals surface area contributed by atoms with Crippen LogP contribution < -0.4 is 4.90 Å². The van der Waals surface area contributed by atoms with Crippen LogP contribution in [0.3, 0.4) is 0 Å². The van der Waals surface area contributed by atoms with E-state index in [-0.39, 0.29) is 0 Å². The van der Waals surface area contributed by atoms with Gasteiger partial charge in [-0.25, -0.2) is 0 Å². The van der Waals surface area contributed by atoms with Crippen molar-refractivity contribution in [1.29, 1.82) is 0 Å². The number of anilines is 1. The van der Waals surface area contributed by atoms with Gasteiger partial charge >= 0.3 is 0 Å². The highest BCUT2D eigenvalue weighted by Gasteiger charge is 2.21. The van der Waals surface area contributed by atoms with Gasteiger partial charge in [-0.05, 0) is 30.2 Å². The molecule has 0 bridgehead atoms.